The topological polar surface area (TPSA) is 58.9 Å². The number of fused-ring (bicyclic) bond motifs is 1. The van der Waals surface area contributed by atoms with Gasteiger partial charge in [-0.05, 0) is 39.8 Å². The third-order valence-corrected chi connectivity index (χ3v) is 4.51. The maximum Gasteiger partial charge on any atom is 0.254 e. The number of aryl methyl sites for hydroxylation is 1. The Kier molecular flexibility index (Phi) is 4.29. The number of methoxy groups -OCH3 is 1. The zero-order chi connectivity index (χ0) is 18.4. The number of ether oxygens (including phenoxy) is 4. The largest absolute Gasteiger partial charge is 0.496 e. The van der Waals surface area contributed by atoms with Crippen molar-refractivity contribution < 1.29 is 18.9 Å². The molecule has 0 unspecified atom stereocenters. The lowest BCUT2D eigenvalue weighted by Crippen LogP contribution is -2.37. The molecule has 0 bridgehead atoms. The number of pyridine rings is 1. The highest BCUT2D eigenvalue weighted by atomic mass is 16.8. The van der Waals surface area contributed by atoms with Gasteiger partial charge in [0, 0.05) is 18.5 Å². The van der Waals surface area contributed by atoms with E-state index >= 15 is 0 Å². The molecule has 0 amide bonds. The summed E-state index contributed by atoms with van der Waals surface area (Å²) in [7, 11) is 3.27. The number of hydrogen-bond donors (Lipinski definition) is 0. The molecule has 0 spiro atoms. The summed E-state index contributed by atoms with van der Waals surface area (Å²) in [6.07, 6.45) is -0.222. The van der Waals surface area contributed by atoms with Gasteiger partial charge in [-0.3, -0.25) is 4.79 Å². The fourth-order valence-corrected chi connectivity index (χ4v) is 3.36. The van der Waals surface area contributed by atoms with Gasteiger partial charge >= 0.3 is 0 Å². The second-order valence-corrected chi connectivity index (χ2v) is 7.29. The van der Waals surface area contributed by atoms with E-state index in [2.05, 4.69) is 0 Å². The predicted molar refractivity (Wildman–Crippen MR) is 95.4 cm³/mol. The van der Waals surface area contributed by atoms with Gasteiger partial charge in [-0.1, -0.05) is 6.07 Å². The van der Waals surface area contributed by atoms with E-state index in [1.807, 2.05) is 45.9 Å². The minimum atomic E-state index is -0.646. The zero-order valence-corrected chi connectivity index (χ0v) is 15.6. The molecule has 1 aromatic heterocycles. The highest BCUT2D eigenvalue weighted by Crippen LogP contribution is 2.37. The lowest BCUT2D eigenvalue weighted by molar-refractivity contribution is -0.158. The zero-order valence-electron chi connectivity index (χ0n) is 15.6. The predicted octanol–water partition coefficient (Wildman–Crippen LogP) is 2.86. The minimum absolute atomic E-state index is 0.151. The van der Waals surface area contributed by atoms with Gasteiger partial charge in [0.05, 0.1) is 18.2 Å². The van der Waals surface area contributed by atoms with E-state index in [1.165, 1.54) is 6.07 Å². The number of aromatic nitrogens is 1. The standard InChI is InChI=1S/C19H25NO5/c1-18(2)15(24-19(3,4)25-18)11-23-13-9-7-8-12-14(22-6)10-16(21)20(5)17(12)13/h7-10,15H,11H2,1-6H3/t15-/m0/s1. The van der Waals surface area contributed by atoms with Gasteiger partial charge in [0.15, 0.2) is 5.79 Å². The first-order chi connectivity index (χ1) is 11.6. The number of nitrogens with zero attached hydrogens (tertiary/aromatic N) is 1. The molecule has 0 aliphatic carbocycles. The van der Waals surface area contributed by atoms with Gasteiger partial charge in [0.1, 0.15) is 24.2 Å². The minimum Gasteiger partial charge on any atom is -0.496 e. The van der Waals surface area contributed by atoms with E-state index in [4.69, 9.17) is 18.9 Å². The summed E-state index contributed by atoms with van der Waals surface area (Å²) in [4.78, 5) is 12.2. The maximum absolute atomic E-state index is 12.2. The summed E-state index contributed by atoms with van der Waals surface area (Å²) in [5.41, 5.74) is 0.0858. The van der Waals surface area contributed by atoms with Crippen LogP contribution in [-0.4, -0.2) is 35.8 Å². The molecule has 2 aromatic rings. The first-order valence-corrected chi connectivity index (χ1v) is 8.32. The first kappa shape index (κ1) is 17.8. The van der Waals surface area contributed by atoms with Gasteiger partial charge in [0.2, 0.25) is 0 Å². The highest BCUT2D eigenvalue weighted by molar-refractivity contribution is 5.90. The Hall–Kier alpha value is -2.05. The Morgan fingerprint density at radius 2 is 1.92 bits per heavy atom. The summed E-state index contributed by atoms with van der Waals surface area (Å²) in [6.45, 7) is 8.07. The quantitative estimate of drug-likeness (QED) is 0.851. The van der Waals surface area contributed by atoms with Gasteiger partial charge in [-0.2, -0.15) is 0 Å². The van der Waals surface area contributed by atoms with Crippen molar-refractivity contribution in [3.05, 3.63) is 34.6 Å². The summed E-state index contributed by atoms with van der Waals surface area (Å²) in [5, 5.41) is 0.824. The van der Waals surface area contributed by atoms with Crippen LogP contribution in [0.3, 0.4) is 0 Å². The fourth-order valence-electron chi connectivity index (χ4n) is 3.36. The Labute approximate surface area is 147 Å². The van der Waals surface area contributed by atoms with Crippen molar-refractivity contribution in [2.24, 2.45) is 7.05 Å². The Morgan fingerprint density at radius 1 is 1.20 bits per heavy atom. The van der Waals surface area contributed by atoms with Crippen molar-refractivity contribution in [3.63, 3.8) is 0 Å². The third kappa shape index (κ3) is 3.24. The summed E-state index contributed by atoms with van der Waals surface area (Å²) < 4.78 is 24.8. The molecule has 0 saturated carbocycles. The summed E-state index contributed by atoms with van der Waals surface area (Å²) in [6, 6.07) is 7.11. The molecule has 1 fully saturated rings. The molecule has 6 nitrogen and oxygen atoms in total. The first-order valence-electron chi connectivity index (χ1n) is 8.32. The van der Waals surface area contributed by atoms with Crippen LogP contribution in [0, 0.1) is 0 Å². The van der Waals surface area contributed by atoms with Crippen molar-refractivity contribution in [1.82, 2.24) is 4.57 Å². The van der Waals surface area contributed by atoms with E-state index in [0.717, 1.165) is 5.39 Å². The second kappa shape index (κ2) is 6.04. The lowest BCUT2D eigenvalue weighted by atomic mass is 10.0. The monoisotopic (exact) mass is 347 g/mol. The van der Waals surface area contributed by atoms with Crippen molar-refractivity contribution >= 4 is 10.9 Å². The molecule has 0 N–H and O–H groups in total. The molecule has 1 atom stereocenters. The molecule has 2 heterocycles. The molecule has 1 aromatic carbocycles. The average molecular weight is 347 g/mol. The van der Waals surface area contributed by atoms with Crippen molar-refractivity contribution in [1.29, 1.82) is 0 Å². The van der Waals surface area contributed by atoms with Crippen molar-refractivity contribution in [2.75, 3.05) is 13.7 Å². The SMILES string of the molecule is COc1cc(=O)n(C)c2c(OC[C@@H]3OC(C)(C)OC3(C)C)cccc12. The van der Waals surface area contributed by atoms with Crippen LogP contribution in [0.5, 0.6) is 11.5 Å². The molecule has 136 valence electrons. The molecule has 1 aliphatic heterocycles. The molecule has 6 heteroatoms. The van der Waals surface area contributed by atoms with E-state index in [1.54, 1.807) is 18.7 Å². The van der Waals surface area contributed by atoms with E-state index in [0.29, 0.717) is 23.6 Å². The molecule has 25 heavy (non-hydrogen) atoms. The Bertz CT molecular complexity index is 853. The Balaban J connectivity index is 1.95. The average Bonchev–Trinajstić information content (AvgIpc) is 2.75. The summed E-state index contributed by atoms with van der Waals surface area (Å²) in [5.74, 6) is 0.498. The lowest BCUT2D eigenvalue weighted by Gasteiger charge is -2.24. The molecule has 1 saturated heterocycles. The van der Waals surface area contributed by atoms with Crippen molar-refractivity contribution in [3.8, 4) is 11.5 Å². The fraction of sp³-hybridized carbons (Fsp3) is 0.526. The van der Waals surface area contributed by atoms with E-state index in [9.17, 15) is 4.79 Å². The number of rotatable bonds is 4. The molecule has 0 radical (unpaired) electrons. The van der Waals surface area contributed by atoms with Gasteiger partial charge in [-0.15, -0.1) is 0 Å². The van der Waals surface area contributed by atoms with Gasteiger partial charge in [-0.25, -0.2) is 0 Å². The molecular weight excluding hydrogens is 322 g/mol. The number of para-hydroxylation sites is 1. The van der Waals surface area contributed by atoms with Crippen molar-refractivity contribution in [2.45, 2.75) is 45.2 Å². The van der Waals surface area contributed by atoms with E-state index in [-0.39, 0.29) is 11.7 Å². The third-order valence-electron chi connectivity index (χ3n) is 4.51. The molecular formula is C19H25NO5. The second-order valence-electron chi connectivity index (χ2n) is 7.29. The Morgan fingerprint density at radius 3 is 2.52 bits per heavy atom. The van der Waals surface area contributed by atoms with Gasteiger partial charge in [0.25, 0.3) is 5.56 Å². The molecule has 1 aliphatic rings. The van der Waals surface area contributed by atoms with Crippen LogP contribution in [0.4, 0.5) is 0 Å². The maximum atomic E-state index is 12.2. The van der Waals surface area contributed by atoms with Crippen LogP contribution in [-0.2, 0) is 16.5 Å². The van der Waals surface area contributed by atoms with Crippen LogP contribution in [0.25, 0.3) is 10.9 Å². The number of hydrogen-bond acceptors (Lipinski definition) is 5. The van der Waals surface area contributed by atoms with Crippen LogP contribution in [0.2, 0.25) is 0 Å². The highest BCUT2D eigenvalue weighted by Gasteiger charge is 2.47. The number of benzene rings is 1. The van der Waals surface area contributed by atoms with Crippen LogP contribution < -0.4 is 15.0 Å². The van der Waals surface area contributed by atoms with E-state index < -0.39 is 11.4 Å². The van der Waals surface area contributed by atoms with Crippen LogP contribution in [0.1, 0.15) is 27.7 Å². The normalized spacial score (nSPS) is 21.4. The van der Waals surface area contributed by atoms with Crippen LogP contribution in [0.15, 0.2) is 29.1 Å². The summed E-state index contributed by atoms with van der Waals surface area (Å²) >= 11 is 0. The van der Waals surface area contributed by atoms with Crippen LogP contribution >= 0.6 is 0 Å². The molecule has 3 rings (SSSR count). The van der Waals surface area contributed by atoms with Gasteiger partial charge < -0.3 is 23.5 Å². The smallest absolute Gasteiger partial charge is 0.254 e.